The molecule has 0 aromatic heterocycles. The summed E-state index contributed by atoms with van der Waals surface area (Å²) in [5, 5.41) is 10.6. The monoisotopic (exact) mass is 169 g/mol. The minimum absolute atomic E-state index is 0.00220. The molecule has 0 bridgehead atoms. The number of nitrogens with zero attached hydrogens (tertiary/aromatic N) is 1. The SMILES string of the molecule is N#CCNC(=O)C1(N)CCOC1. The van der Waals surface area contributed by atoms with E-state index in [0.29, 0.717) is 13.0 Å². The van der Waals surface area contributed by atoms with E-state index in [-0.39, 0.29) is 19.1 Å². The molecule has 0 aromatic carbocycles. The van der Waals surface area contributed by atoms with Gasteiger partial charge in [0.15, 0.2) is 0 Å². The molecule has 3 N–H and O–H groups in total. The third-order valence-electron chi connectivity index (χ3n) is 1.83. The number of amides is 1. The van der Waals surface area contributed by atoms with Crippen LogP contribution in [-0.4, -0.2) is 31.2 Å². The lowest BCUT2D eigenvalue weighted by Crippen LogP contribution is -2.54. The first-order chi connectivity index (χ1) is 5.69. The fourth-order valence-electron chi connectivity index (χ4n) is 1.06. The van der Waals surface area contributed by atoms with Gasteiger partial charge >= 0.3 is 0 Å². The average molecular weight is 169 g/mol. The summed E-state index contributed by atoms with van der Waals surface area (Å²) >= 11 is 0. The Bertz CT molecular complexity index is 215. The van der Waals surface area contributed by atoms with Crippen LogP contribution in [-0.2, 0) is 9.53 Å². The van der Waals surface area contributed by atoms with Gasteiger partial charge in [-0.25, -0.2) is 0 Å². The highest BCUT2D eigenvalue weighted by Gasteiger charge is 2.37. The molecular formula is C7H11N3O2. The molecule has 0 aromatic rings. The molecule has 1 unspecified atom stereocenters. The number of nitrogens with one attached hydrogen (secondary N) is 1. The summed E-state index contributed by atoms with van der Waals surface area (Å²) in [5.41, 5.74) is 4.78. The van der Waals surface area contributed by atoms with E-state index in [9.17, 15) is 4.79 Å². The molecule has 1 rings (SSSR count). The molecule has 0 spiro atoms. The van der Waals surface area contributed by atoms with Crippen molar-refractivity contribution in [3.63, 3.8) is 0 Å². The second kappa shape index (κ2) is 3.52. The van der Waals surface area contributed by atoms with Crippen molar-refractivity contribution in [3.05, 3.63) is 0 Å². The molecule has 1 fully saturated rings. The molecule has 1 aliphatic heterocycles. The highest BCUT2D eigenvalue weighted by Crippen LogP contribution is 2.14. The van der Waals surface area contributed by atoms with E-state index in [1.54, 1.807) is 0 Å². The van der Waals surface area contributed by atoms with Crippen LogP contribution in [0, 0.1) is 11.3 Å². The van der Waals surface area contributed by atoms with Crippen molar-refractivity contribution in [2.75, 3.05) is 19.8 Å². The molecule has 66 valence electrons. The van der Waals surface area contributed by atoms with Gasteiger partial charge in [0.2, 0.25) is 5.91 Å². The van der Waals surface area contributed by atoms with Crippen LogP contribution in [0.1, 0.15) is 6.42 Å². The summed E-state index contributed by atoms with van der Waals surface area (Å²) < 4.78 is 4.99. The summed E-state index contributed by atoms with van der Waals surface area (Å²) in [4.78, 5) is 11.3. The Kier molecular flexibility index (Phi) is 2.63. The smallest absolute Gasteiger partial charge is 0.243 e. The van der Waals surface area contributed by atoms with Crippen LogP contribution >= 0.6 is 0 Å². The van der Waals surface area contributed by atoms with Crippen LogP contribution in [0.3, 0.4) is 0 Å². The van der Waals surface area contributed by atoms with E-state index < -0.39 is 5.54 Å². The molecule has 0 aliphatic carbocycles. The largest absolute Gasteiger partial charge is 0.379 e. The maximum absolute atomic E-state index is 11.3. The lowest BCUT2D eigenvalue weighted by atomic mass is 9.99. The minimum atomic E-state index is -0.920. The van der Waals surface area contributed by atoms with Crippen molar-refractivity contribution in [3.8, 4) is 6.07 Å². The fraction of sp³-hybridized carbons (Fsp3) is 0.714. The molecule has 5 nitrogen and oxygen atoms in total. The lowest BCUT2D eigenvalue weighted by molar-refractivity contribution is -0.126. The van der Waals surface area contributed by atoms with Gasteiger partial charge in [-0.1, -0.05) is 0 Å². The highest BCUT2D eigenvalue weighted by atomic mass is 16.5. The normalized spacial score (nSPS) is 28.0. The molecule has 1 aliphatic rings. The van der Waals surface area contributed by atoms with Crippen LogP contribution in [0.5, 0.6) is 0 Å². The van der Waals surface area contributed by atoms with E-state index in [0.717, 1.165) is 0 Å². The number of nitriles is 1. The number of hydrogen-bond donors (Lipinski definition) is 2. The minimum Gasteiger partial charge on any atom is -0.379 e. The Morgan fingerprint density at radius 3 is 3.08 bits per heavy atom. The van der Waals surface area contributed by atoms with E-state index in [1.807, 2.05) is 6.07 Å². The molecule has 5 heteroatoms. The van der Waals surface area contributed by atoms with Crippen molar-refractivity contribution >= 4 is 5.91 Å². The van der Waals surface area contributed by atoms with E-state index in [1.165, 1.54) is 0 Å². The first-order valence-electron chi connectivity index (χ1n) is 3.71. The molecular weight excluding hydrogens is 158 g/mol. The summed E-state index contributed by atoms with van der Waals surface area (Å²) in [7, 11) is 0. The van der Waals surface area contributed by atoms with Crippen molar-refractivity contribution in [2.45, 2.75) is 12.0 Å². The molecule has 12 heavy (non-hydrogen) atoms. The van der Waals surface area contributed by atoms with Gasteiger partial charge in [-0.15, -0.1) is 0 Å². The average Bonchev–Trinajstić information content (AvgIpc) is 2.49. The predicted octanol–water partition coefficient (Wildman–Crippen LogP) is -1.26. The lowest BCUT2D eigenvalue weighted by Gasteiger charge is -2.19. The Morgan fingerprint density at radius 1 is 1.83 bits per heavy atom. The Hall–Kier alpha value is -1.12. The van der Waals surface area contributed by atoms with Gasteiger partial charge in [-0.2, -0.15) is 5.26 Å². The number of nitrogens with two attached hydrogens (primary N) is 1. The number of ether oxygens (including phenoxy) is 1. The second-order valence-electron chi connectivity index (χ2n) is 2.80. The van der Waals surface area contributed by atoms with Crippen molar-refractivity contribution < 1.29 is 9.53 Å². The fourth-order valence-corrected chi connectivity index (χ4v) is 1.06. The zero-order chi connectivity index (χ0) is 9.03. The highest BCUT2D eigenvalue weighted by molar-refractivity contribution is 5.86. The molecule has 1 saturated heterocycles. The van der Waals surface area contributed by atoms with Crippen LogP contribution in [0.2, 0.25) is 0 Å². The van der Waals surface area contributed by atoms with Gasteiger partial charge in [0.1, 0.15) is 12.1 Å². The summed E-state index contributed by atoms with van der Waals surface area (Å²) in [6.45, 7) is 0.749. The van der Waals surface area contributed by atoms with Gasteiger partial charge < -0.3 is 15.8 Å². The quantitative estimate of drug-likeness (QED) is 0.505. The first-order valence-corrected chi connectivity index (χ1v) is 3.71. The maximum Gasteiger partial charge on any atom is 0.243 e. The Morgan fingerprint density at radius 2 is 2.58 bits per heavy atom. The van der Waals surface area contributed by atoms with Gasteiger partial charge in [0, 0.05) is 6.61 Å². The van der Waals surface area contributed by atoms with Crippen LogP contribution in [0.25, 0.3) is 0 Å². The molecule has 0 saturated carbocycles. The van der Waals surface area contributed by atoms with E-state index in [4.69, 9.17) is 15.7 Å². The predicted molar refractivity (Wildman–Crippen MR) is 41.0 cm³/mol. The van der Waals surface area contributed by atoms with Crippen molar-refractivity contribution in [1.29, 1.82) is 5.26 Å². The first kappa shape index (κ1) is 8.97. The van der Waals surface area contributed by atoms with Crippen molar-refractivity contribution in [2.24, 2.45) is 5.73 Å². The third kappa shape index (κ3) is 1.72. The number of hydrogen-bond acceptors (Lipinski definition) is 4. The van der Waals surface area contributed by atoms with E-state index in [2.05, 4.69) is 5.32 Å². The van der Waals surface area contributed by atoms with Crippen LogP contribution in [0.4, 0.5) is 0 Å². The number of rotatable bonds is 2. The summed E-state index contributed by atoms with van der Waals surface area (Å²) in [6.07, 6.45) is 0.518. The zero-order valence-corrected chi connectivity index (χ0v) is 6.67. The number of carbonyl (C=O) groups excluding carboxylic acids is 1. The van der Waals surface area contributed by atoms with Crippen LogP contribution in [0.15, 0.2) is 0 Å². The van der Waals surface area contributed by atoms with E-state index >= 15 is 0 Å². The third-order valence-corrected chi connectivity index (χ3v) is 1.83. The van der Waals surface area contributed by atoms with Crippen molar-refractivity contribution in [1.82, 2.24) is 5.32 Å². The van der Waals surface area contributed by atoms with Gasteiger partial charge in [0.05, 0.1) is 12.7 Å². The second-order valence-corrected chi connectivity index (χ2v) is 2.80. The Balaban J connectivity index is 2.45. The van der Waals surface area contributed by atoms with Gasteiger partial charge in [0.25, 0.3) is 0 Å². The molecule has 0 radical (unpaired) electrons. The Labute approximate surface area is 70.5 Å². The summed E-state index contributed by atoms with van der Waals surface area (Å²) in [5.74, 6) is -0.304. The summed E-state index contributed by atoms with van der Waals surface area (Å²) in [6, 6.07) is 1.81. The molecule has 1 amide bonds. The number of carbonyl (C=O) groups is 1. The zero-order valence-electron chi connectivity index (χ0n) is 6.67. The molecule has 1 heterocycles. The molecule has 1 atom stereocenters. The van der Waals surface area contributed by atoms with Gasteiger partial charge in [-0.05, 0) is 6.42 Å². The maximum atomic E-state index is 11.3. The standard InChI is InChI=1S/C7H11N3O2/c8-2-3-10-6(11)7(9)1-4-12-5-7/h1,3-5,9H2,(H,10,11). The topological polar surface area (TPSA) is 88.1 Å². The van der Waals surface area contributed by atoms with Gasteiger partial charge in [-0.3, -0.25) is 4.79 Å². The van der Waals surface area contributed by atoms with Crippen LogP contribution < -0.4 is 11.1 Å².